The molecule has 0 radical (unpaired) electrons. The van der Waals surface area contributed by atoms with Crippen molar-refractivity contribution in [1.82, 2.24) is 0 Å². The third kappa shape index (κ3) is 17.3. The van der Waals surface area contributed by atoms with Crippen molar-refractivity contribution in [3.8, 4) is 0 Å². The second-order valence-corrected chi connectivity index (χ2v) is 6.73. The largest absolute Gasteiger partial charge is 0.481 e. The Labute approximate surface area is 146 Å². The van der Waals surface area contributed by atoms with Crippen molar-refractivity contribution in [2.24, 2.45) is 5.92 Å². The van der Waals surface area contributed by atoms with Crippen LogP contribution in [0.3, 0.4) is 0 Å². The molecule has 0 heterocycles. The van der Waals surface area contributed by atoms with E-state index in [0.29, 0.717) is 18.9 Å². The van der Waals surface area contributed by atoms with Gasteiger partial charge in [0.1, 0.15) is 0 Å². The highest BCUT2D eigenvalue weighted by Crippen LogP contribution is 2.12. The van der Waals surface area contributed by atoms with Gasteiger partial charge in [0.25, 0.3) is 0 Å². The molecule has 0 aromatic rings. The Morgan fingerprint density at radius 1 is 0.833 bits per heavy atom. The molecule has 0 aliphatic heterocycles. The molecule has 0 saturated heterocycles. The number of esters is 1. The standard InChI is InChI=1S/C19H36O5/c1-17(12-8-6-7-11-15-20)16-24-19(23)14-10-5-3-2-4-9-13-18(21)22/h17,20H,2-16H2,1H3,(H,21,22). The van der Waals surface area contributed by atoms with E-state index < -0.39 is 5.97 Å². The van der Waals surface area contributed by atoms with E-state index in [9.17, 15) is 9.59 Å². The minimum absolute atomic E-state index is 0.104. The highest BCUT2D eigenvalue weighted by molar-refractivity contribution is 5.69. The summed E-state index contributed by atoms with van der Waals surface area (Å²) in [5.41, 5.74) is 0. The first kappa shape index (κ1) is 22.9. The molecule has 0 amide bonds. The molecule has 0 rings (SSSR count). The Bertz CT molecular complexity index is 317. The maximum absolute atomic E-state index is 11.7. The van der Waals surface area contributed by atoms with Gasteiger partial charge in [0, 0.05) is 19.4 Å². The second kappa shape index (κ2) is 16.7. The number of unbranched alkanes of at least 4 members (excludes halogenated alkanes) is 8. The average molecular weight is 344 g/mol. The SMILES string of the molecule is CC(CCCCCCO)COC(=O)CCCCCCCCC(=O)O. The molecule has 0 fully saturated rings. The quantitative estimate of drug-likeness (QED) is 0.303. The van der Waals surface area contributed by atoms with Gasteiger partial charge >= 0.3 is 11.9 Å². The number of carboxylic acids is 1. The second-order valence-electron chi connectivity index (χ2n) is 6.73. The lowest BCUT2D eigenvalue weighted by Gasteiger charge is -2.12. The number of carbonyl (C=O) groups is 2. The Morgan fingerprint density at radius 3 is 2.00 bits per heavy atom. The number of rotatable bonds is 17. The molecule has 1 atom stereocenters. The highest BCUT2D eigenvalue weighted by Gasteiger charge is 2.07. The van der Waals surface area contributed by atoms with Gasteiger partial charge < -0.3 is 14.9 Å². The molecule has 5 nitrogen and oxygen atoms in total. The smallest absolute Gasteiger partial charge is 0.305 e. The van der Waals surface area contributed by atoms with Gasteiger partial charge in [0.05, 0.1) is 6.61 Å². The molecular formula is C19H36O5. The zero-order chi connectivity index (χ0) is 18.0. The number of carboxylic acid groups (broad SMARTS) is 1. The van der Waals surface area contributed by atoms with Crippen LogP contribution in [0, 0.1) is 5.92 Å². The molecule has 142 valence electrons. The van der Waals surface area contributed by atoms with Crippen molar-refractivity contribution >= 4 is 11.9 Å². The van der Waals surface area contributed by atoms with Gasteiger partial charge in [-0.15, -0.1) is 0 Å². The van der Waals surface area contributed by atoms with Crippen LogP contribution in [0.4, 0.5) is 0 Å². The summed E-state index contributed by atoms with van der Waals surface area (Å²) in [5, 5.41) is 17.2. The molecule has 24 heavy (non-hydrogen) atoms. The molecule has 1 unspecified atom stereocenters. The molecular weight excluding hydrogens is 308 g/mol. The van der Waals surface area contributed by atoms with E-state index >= 15 is 0 Å². The maximum Gasteiger partial charge on any atom is 0.305 e. The van der Waals surface area contributed by atoms with E-state index in [1.165, 1.54) is 0 Å². The molecule has 0 bridgehead atoms. The van der Waals surface area contributed by atoms with Crippen LogP contribution in [0.5, 0.6) is 0 Å². The number of carbonyl (C=O) groups excluding carboxylic acids is 1. The van der Waals surface area contributed by atoms with Crippen LogP contribution in [0.25, 0.3) is 0 Å². The van der Waals surface area contributed by atoms with E-state index in [0.717, 1.165) is 70.6 Å². The van der Waals surface area contributed by atoms with Crippen LogP contribution in [-0.4, -0.2) is 35.4 Å². The molecule has 0 aliphatic rings. The average Bonchev–Trinajstić information content (AvgIpc) is 2.55. The number of aliphatic carboxylic acids is 1. The number of aliphatic hydroxyl groups is 1. The molecule has 0 spiro atoms. The van der Waals surface area contributed by atoms with Gasteiger partial charge in [-0.1, -0.05) is 51.9 Å². The third-order valence-electron chi connectivity index (χ3n) is 4.16. The lowest BCUT2D eigenvalue weighted by Crippen LogP contribution is -2.11. The number of hydrogen-bond acceptors (Lipinski definition) is 4. The minimum Gasteiger partial charge on any atom is -0.481 e. The summed E-state index contributed by atoms with van der Waals surface area (Å²) in [6.07, 6.45) is 11.7. The summed E-state index contributed by atoms with van der Waals surface area (Å²) < 4.78 is 5.31. The molecule has 5 heteroatoms. The van der Waals surface area contributed by atoms with Crippen LogP contribution in [0.1, 0.15) is 90.4 Å². The Balaban J connectivity index is 3.35. The fraction of sp³-hybridized carbons (Fsp3) is 0.895. The predicted octanol–water partition coefficient (Wildman–Crippen LogP) is 4.31. The summed E-state index contributed by atoms with van der Waals surface area (Å²) in [7, 11) is 0. The summed E-state index contributed by atoms with van der Waals surface area (Å²) in [6.45, 7) is 2.89. The molecule has 2 N–H and O–H groups in total. The van der Waals surface area contributed by atoms with Crippen molar-refractivity contribution < 1.29 is 24.5 Å². The van der Waals surface area contributed by atoms with E-state index in [-0.39, 0.29) is 19.0 Å². The van der Waals surface area contributed by atoms with Gasteiger partial charge in [-0.05, 0) is 31.6 Å². The predicted molar refractivity (Wildman–Crippen MR) is 94.9 cm³/mol. The molecule has 0 aromatic carbocycles. The van der Waals surface area contributed by atoms with Gasteiger partial charge in [-0.25, -0.2) is 0 Å². The zero-order valence-electron chi connectivity index (χ0n) is 15.3. The van der Waals surface area contributed by atoms with E-state index in [1.54, 1.807) is 0 Å². The lowest BCUT2D eigenvalue weighted by atomic mass is 10.0. The van der Waals surface area contributed by atoms with Gasteiger partial charge in [0.15, 0.2) is 0 Å². The Kier molecular flexibility index (Phi) is 16.0. The first-order chi connectivity index (χ1) is 11.6. The number of hydrogen-bond donors (Lipinski definition) is 2. The third-order valence-corrected chi connectivity index (χ3v) is 4.16. The minimum atomic E-state index is -0.725. The maximum atomic E-state index is 11.7. The Hall–Kier alpha value is -1.10. The van der Waals surface area contributed by atoms with Crippen LogP contribution in [0.15, 0.2) is 0 Å². The van der Waals surface area contributed by atoms with Gasteiger partial charge in [0.2, 0.25) is 0 Å². The van der Waals surface area contributed by atoms with Crippen LogP contribution < -0.4 is 0 Å². The molecule has 0 aromatic heterocycles. The van der Waals surface area contributed by atoms with Gasteiger partial charge in [-0.3, -0.25) is 9.59 Å². The summed E-state index contributed by atoms with van der Waals surface area (Å²) in [6, 6.07) is 0. The molecule has 0 saturated carbocycles. The summed E-state index contributed by atoms with van der Waals surface area (Å²) >= 11 is 0. The van der Waals surface area contributed by atoms with E-state index in [1.807, 2.05) is 0 Å². The van der Waals surface area contributed by atoms with Crippen molar-refractivity contribution in [3.05, 3.63) is 0 Å². The van der Waals surface area contributed by atoms with Crippen LogP contribution in [-0.2, 0) is 14.3 Å². The van der Waals surface area contributed by atoms with Crippen molar-refractivity contribution in [3.63, 3.8) is 0 Å². The van der Waals surface area contributed by atoms with Gasteiger partial charge in [-0.2, -0.15) is 0 Å². The normalized spacial score (nSPS) is 12.1. The topological polar surface area (TPSA) is 83.8 Å². The fourth-order valence-corrected chi connectivity index (χ4v) is 2.60. The van der Waals surface area contributed by atoms with E-state index in [4.69, 9.17) is 14.9 Å². The number of aliphatic hydroxyl groups excluding tert-OH is 1. The first-order valence-corrected chi connectivity index (χ1v) is 9.54. The van der Waals surface area contributed by atoms with E-state index in [2.05, 4.69) is 6.92 Å². The monoisotopic (exact) mass is 344 g/mol. The fourth-order valence-electron chi connectivity index (χ4n) is 2.60. The number of ether oxygens (including phenoxy) is 1. The molecule has 0 aliphatic carbocycles. The Morgan fingerprint density at radius 2 is 1.38 bits per heavy atom. The van der Waals surface area contributed by atoms with Crippen molar-refractivity contribution in [1.29, 1.82) is 0 Å². The first-order valence-electron chi connectivity index (χ1n) is 9.54. The van der Waals surface area contributed by atoms with Crippen molar-refractivity contribution in [2.75, 3.05) is 13.2 Å². The summed E-state index contributed by atoms with van der Waals surface area (Å²) in [5.74, 6) is -0.428. The lowest BCUT2D eigenvalue weighted by molar-refractivity contribution is -0.145. The summed E-state index contributed by atoms with van der Waals surface area (Å²) in [4.78, 5) is 22.0. The highest BCUT2D eigenvalue weighted by atomic mass is 16.5. The van der Waals surface area contributed by atoms with Crippen LogP contribution >= 0.6 is 0 Å². The zero-order valence-corrected chi connectivity index (χ0v) is 15.3. The van der Waals surface area contributed by atoms with Crippen molar-refractivity contribution in [2.45, 2.75) is 90.4 Å². The van der Waals surface area contributed by atoms with Crippen LogP contribution in [0.2, 0.25) is 0 Å².